The van der Waals surface area contributed by atoms with Gasteiger partial charge in [0.2, 0.25) is 0 Å². The van der Waals surface area contributed by atoms with E-state index < -0.39 is 11.2 Å². The number of rotatable bonds is 2. The quantitative estimate of drug-likeness (QED) is 0.837. The fraction of sp³-hybridized carbons (Fsp3) is 0.100. The third-order valence-corrected chi connectivity index (χ3v) is 2.55. The number of halogens is 2. The average molecular weight is 272 g/mol. The molecular formula is C10H7Cl2N3O2. The van der Waals surface area contributed by atoms with Crippen molar-refractivity contribution >= 4 is 23.2 Å². The maximum Gasteiger partial charge on any atom is 0.328 e. The molecule has 17 heavy (non-hydrogen) atoms. The van der Waals surface area contributed by atoms with E-state index in [-0.39, 0.29) is 11.6 Å². The van der Waals surface area contributed by atoms with Gasteiger partial charge in [0.05, 0.1) is 12.2 Å². The van der Waals surface area contributed by atoms with Crippen molar-refractivity contribution in [2.45, 2.75) is 6.54 Å². The van der Waals surface area contributed by atoms with Crippen molar-refractivity contribution in [2.24, 2.45) is 0 Å². The molecule has 7 heteroatoms. The lowest BCUT2D eigenvalue weighted by Gasteiger charge is -2.04. The second-order valence-corrected chi connectivity index (χ2v) is 4.11. The molecule has 2 heterocycles. The van der Waals surface area contributed by atoms with E-state index in [0.717, 1.165) is 0 Å². The van der Waals surface area contributed by atoms with Gasteiger partial charge in [0, 0.05) is 6.20 Å². The summed E-state index contributed by atoms with van der Waals surface area (Å²) in [5.74, 6) is 0. The Morgan fingerprint density at radius 3 is 2.76 bits per heavy atom. The summed E-state index contributed by atoms with van der Waals surface area (Å²) in [6.07, 6.45) is 1.27. The third-order valence-electron chi connectivity index (χ3n) is 2.07. The largest absolute Gasteiger partial charge is 0.328 e. The molecule has 2 rings (SSSR count). The first-order valence-electron chi connectivity index (χ1n) is 4.67. The van der Waals surface area contributed by atoms with Crippen molar-refractivity contribution < 1.29 is 0 Å². The predicted octanol–water partition coefficient (Wildman–Crippen LogP) is 1.29. The molecule has 88 valence electrons. The minimum absolute atomic E-state index is 0.0494. The van der Waals surface area contributed by atoms with Gasteiger partial charge in [-0.3, -0.25) is 14.3 Å². The number of aromatic amines is 1. The van der Waals surface area contributed by atoms with Crippen molar-refractivity contribution in [1.29, 1.82) is 0 Å². The highest BCUT2D eigenvalue weighted by Crippen LogP contribution is 2.06. The second kappa shape index (κ2) is 4.73. The summed E-state index contributed by atoms with van der Waals surface area (Å²) in [4.78, 5) is 28.7. The molecule has 0 fully saturated rings. The van der Waals surface area contributed by atoms with E-state index in [4.69, 9.17) is 23.2 Å². The Morgan fingerprint density at radius 1 is 1.29 bits per heavy atom. The predicted molar refractivity (Wildman–Crippen MR) is 64.7 cm³/mol. The van der Waals surface area contributed by atoms with Gasteiger partial charge in [0.25, 0.3) is 5.56 Å². The normalized spacial score (nSPS) is 10.5. The van der Waals surface area contributed by atoms with E-state index in [1.165, 1.54) is 10.8 Å². The zero-order valence-electron chi connectivity index (χ0n) is 8.48. The Kier molecular flexibility index (Phi) is 3.31. The molecule has 0 aromatic carbocycles. The third kappa shape index (κ3) is 2.75. The number of aromatic nitrogens is 3. The Labute approximate surface area is 106 Å². The van der Waals surface area contributed by atoms with Crippen LogP contribution in [0, 0.1) is 0 Å². The molecule has 5 nitrogen and oxygen atoms in total. The Hall–Kier alpha value is -1.59. The lowest BCUT2D eigenvalue weighted by Crippen LogP contribution is -2.30. The van der Waals surface area contributed by atoms with E-state index in [0.29, 0.717) is 10.8 Å². The zero-order valence-corrected chi connectivity index (χ0v) is 10.00. The van der Waals surface area contributed by atoms with Crippen LogP contribution in [0.2, 0.25) is 10.2 Å². The molecule has 0 spiro atoms. The highest BCUT2D eigenvalue weighted by atomic mass is 35.5. The number of nitrogens with one attached hydrogen (secondary N) is 1. The maximum atomic E-state index is 11.5. The smallest absolute Gasteiger partial charge is 0.293 e. The zero-order chi connectivity index (χ0) is 12.4. The molecule has 2 aromatic rings. The molecule has 0 aliphatic heterocycles. The van der Waals surface area contributed by atoms with E-state index in [2.05, 4.69) is 9.97 Å². The molecule has 0 bridgehead atoms. The van der Waals surface area contributed by atoms with Crippen molar-refractivity contribution in [3.63, 3.8) is 0 Å². The first-order valence-corrected chi connectivity index (χ1v) is 5.42. The first kappa shape index (κ1) is 11.9. The van der Waals surface area contributed by atoms with Crippen LogP contribution in [0.3, 0.4) is 0 Å². The van der Waals surface area contributed by atoms with Gasteiger partial charge in [-0.1, -0.05) is 29.3 Å². The minimum Gasteiger partial charge on any atom is -0.293 e. The molecule has 0 atom stereocenters. The summed E-state index contributed by atoms with van der Waals surface area (Å²) < 4.78 is 1.25. The molecule has 0 aliphatic carbocycles. The fourth-order valence-electron chi connectivity index (χ4n) is 1.31. The van der Waals surface area contributed by atoms with Crippen LogP contribution in [-0.4, -0.2) is 14.5 Å². The van der Waals surface area contributed by atoms with Crippen LogP contribution in [0.1, 0.15) is 5.69 Å². The van der Waals surface area contributed by atoms with Crippen molar-refractivity contribution in [3.05, 3.63) is 61.1 Å². The summed E-state index contributed by atoms with van der Waals surface area (Å²) >= 11 is 11.4. The highest BCUT2D eigenvalue weighted by molar-refractivity contribution is 6.30. The van der Waals surface area contributed by atoms with Gasteiger partial charge in [-0.05, 0) is 12.1 Å². The van der Waals surface area contributed by atoms with Crippen LogP contribution in [-0.2, 0) is 6.54 Å². The lowest BCUT2D eigenvalue weighted by molar-refractivity contribution is 0.705. The average Bonchev–Trinajstić information content (AvgIpc) is 2.26. The summed E-state index contributed by atoms with van der Waals surface area (Å²) in [6, 6.07) is 5.08. The molecule has 0 aliphatic rings. The standard InChI is InChI=1S/C10H7Cl2N3O2/c11-7-5-15(10(17)14-9(7)16)4-6-2-1-3-8(12)13-6/h1-3,5H,4H2,(H,14,16,17). The van der Waals surface area contributed by atoms with Crippen LogP contribution in [0.4, 0.5) is 0 Å². The lowest BCUT2D eigenvalue weighted by atomic mass is 10.3. The maximum absolute atomic E-state index is 11.5. The van der Waals surface area contributed by atoms with Crippen LogP contribution in [0.15, 0.2) is 34.0 Å². The van der Waals surface area contributed by atoms with E-state index in [1.807, 2.05) is 0 Å². The molecule has 2 aromatic heterocycles. The first-order chi connectivity index (χ1) is 8.06. The summed E-state index contributed by atoms with van der Waals surface area (Å²) in [5, 5.41) is 0.290. The van der Waals surface area contributed by atoms with Crippen LogP contribution in [0.25, 0.3) is 0 Å². The molecule has 0 amide bonds. The highest BCUT2D eigenvalue weighted by Gasteiger charge is 2.04. The number of pyridine rings is 1. The van der Waals surface area contributed by atoms with E-state index in [9.17, 15) is 9.59 Å². The summed E-state index contributed by atoms with van der Waals surface area (Å²) in [5.41, 5.74) is -0.545. The van der Waals surface area contributed by atoms with Crippen molar-refractivity contribution in [1.82, 2.24) is 14.5 Å². The molecule has 1 N–H and O–H groups in total. The van der Waals surface area contributed by atoms with Gasteiger partial charge >= 0.3 is 5.69 Å². The Bertz CT molecular complexity index is 663. The number of H-pyrrole nitrogens is 1. The van der Waals surface area contributed by atoms with E-state index in [1.54, 1.807) is 18.2 Å². The van der Waals surface area contributed by atoms with Gasteiger partial charge in [0.1, 0.15) is 10.2 Å². The SMILES string of the molecule is O=c1[nH]c(=O)n(Cc2cccc(Cl)n2)cc1Cl. The van der Waals surface area contributed by atoms with Gasteiger partial charge in [0.15, 0.2) is 0 Å². The van der Waals surface area contributed by atoms with Crippen molar-refractivity contribution in [2.75, 3.05) is 0 Å². The monoisotopic (exact) mass is 271 g/mol. The van der Waals surface area contributed by atoms with Gasteiger partial charge in [-0.25, -0.2) is 9.78 Å². The molecule has 0 saturated carbocycles. The van der Waals surface area contributed by atoms with Crippen molar-refractivity contribution in [3.8, 4) is 0 Å². The second-order valence-electron chi connectivity index (χ2n) is 3.32. The van der Waals surface area contributed by atoms with E-state index >= 15 is 0 Å². The van der Waals surface area contributed by atoms with Crippen LogP contribution in [0.5, 0.6) is 0 Å². The Morgan fingerprint density at radius 2 is 2.06 bits per heavy atom. The van der Waals surface area contributed by atoms with Gasteiger partial charge in [-0.2, -0.15) is 0 Å². The Balaban J connectivity index is 2.40. The molecule has 0 radical (unpaired) electrons. The van der Waals surface area contributed by atoms with Gasteiger partial charge < -0.3 is 0 Å². The molecular weight excluding hydrogens is 265 g/mol. The fourth-order valence-corrected chi connectivity index (χ4v) is 1.66. The van der Waals surface area contributed by atoms with Crippen LogP contribution >= 0.6 is 23.2 Å². The molecule has 0 saturated heterocycles. The summed E-state index contributed by atoms with van der Waals surface area (Å²) in [6.45, 7) is 0.190. The molecule has 0 unspecified atom stereocenters. The van der Waals surface area contributed by atoms with Gasteiger partial charge in [-0.15, -0.1) is 0 Å². The minimum atomic E-state index is -0.605. The topological polar surface area (TPSA) is 67.8 Å². The number of nitrogens with zero attached hydrogens (tertiary/aromatic N) is 2. The summed E-state index contributed by atoms with van der Waals surface area (Å²) in [7, 11) is 0. The number of hydrogen-bond donors (Lipinski definition) is 1. The van der Waals surface area contributed by atoms with Crippen LogP contribution < -0.4 is 11.2 Å². The number of hydrogen-bond acceptors (Lipinski definition) is 3.